The average Bonchev–Trinajstić information content (AvgIpc) is 3.04. The van der Waals surface area contributed by atoms with Crippen LogP contribution in [-0.4, -0.2) is 17.6 Å². The van der Waals surface area contributed by atoms with E-state index in [-0.39, 0.29) is 0 Å². The van der Waals surface area contributed by atoms with Crippen LogP contribution >= 0.6 is 0 Å². The molecule has 0 fully saturated rings. The van der Waals surface area contributed by atoms with Crippen molar-refractivity contribution in [1.29, 1.82) is 0 Å². The van der Waals surface area contributed by atoms with E-state index in [1.165, 1.54) is 5.69 Å². The third-order valence-electron chi connectivity index (χ3n) is 4.76. The van der Waals surface area contributed by atoms with Crippen molar-refractivity contribution < 1.29 is 9.53 Å². The Balaban J connectivity index is 2.20. The van der Waals surface area contributed by atoms with Crippen molar-refractivity contribution >= 4 is 5.91 Å². The molecule has 0 saturated heterocycles. The van der Waals surface area contributed by atoms with Crippen molar-refractivity contribution in [3.8, 4) is 22.7 Å². The van der Waals surface area contributed by atoms with Gasteiger partial charge in [0, 0.05) is 22.5 Å². The lowest BCUT2D eigenvalue weighted by atomic mass is 10.0. The van der Waals surface area contributed by atoms with Gasteiger partial charge >= 0.3 is 0 Å². The second-order valence-corrected chi connectivity index (χ2v) is 6.45. The molecule has 0 aliphatic heterocycles. The number of amides is 1. The fraction of sp³-hybridized carbons (Fsp3) is 0.227. The fourth-order valence-electron chi connectivity index (χ4n) is 3.36. The molecule has 1 heterocycles. The summed E-state index contributed by atoms with van der Waals surface area (Å²) >= 11 is 0. The number of benzene rings is 2. The number of rotatable bonds is 5. The van der Waals surface area contributed by atoms with Gasteiger partial charge in [-0.05, 0) is 79.9 Å². The van der Waals surface area contributed by atoms with Gasteiger partial charge in [-0.2, -0.15) is 0 Å². The number of methoxy groups -OCH3 is 1. The quantitative estimate of drug-likeness (QED) is 0.741. The van der Waals surface area contributed by atoms with Gasteiger partial charge < -0.3 is 15.0 Å². The molecule has 2 aromatic carbocycles. The molecular formula is C22H24N2O2. The van der Waals surface area contributed by atoms with E-state index in [2.05, 4.69) is 36.6 Å². The monoisotopic (exact) mass is 348 g/mol. The highest BCUT2D eigenvalue weighted by Gasteiger charge is 2.15. The Hall–Kier alpha value is -3.01. The molecule has 3 aromatic rings. The minimum atomic E-state index is -0.408. The van der Waals surface area contributed by atoms with Crippen LogP contribution in [0.15, 0.2) is 48.5 Å². The first-order chi connectivity index (χ1) is 12.5. The minimum Gasteiger partial charge on any atom is -0.497 e. The Bertz CT molecular complexity index is 970. The molecule has 0 unspecified atom stereocenters. The first-order valence-corrected chi connectivity index (χ1v) is 8.72. The first kappa shape index (κ1) is 17.8. The van der Waals surface area contributed by atoms with Gasteiger partial charge in [-0.3, -0.25) is 4.79 Å². The van der Waals surface area contributed by atoms with Crippen LogP contribution in [0.25, 0.3) is 16.9 Å². The molecule has 4 heteroatoms. The van der Waals surface area contributed by atoms with Gasteiger partial charge in [0.2, 0.25) is 5.91 Å². The van der Waals surface area contributed by atoms with Gasteiger partial charge in [0.05, 0.1) is 12.8 Å². The van der Waals surface area contributed by atoms with Crippen LogP contribution in [0.4, 0.5) is 0 Å². The van der Waals surface area contributed by atoms with Crippen LogP contribution < -0.4 is 10.5 Å². The third kappa shape index (κ3) is 3.10. The summed E-state index contributed by atoms with van der Waals surface area (Å²) in [6.07, 6.45) is 0.909. The lowest BCUT2D eigenvalue weighted by Crippen LogP contribution is -2.12. The number of aryl methyl sites for hydroxylation is 3. The highest BCUT2D eigenvalue weighted by molar-refractivity contribution is 5.93. The zero-order valence-corrected chi connectivity index (χ0v) is 15.7. The molecule has 1 amide bonds. The number of aromatic nitrogens is 1. The number of carbonyl (C=O) groups is 1. The number of nitrogens with zero attached hydrogens (tertiary/aromatic N) is 1. The van der Waals surface area contributed by atoms with E-state index in [9.17, 15) is 4.79 Å². The maximum absolute atomic E-state index is 11.5. The topological polar surface area (TPSA) is 57.2 Å². The number of nitrogens with two attached hydrogens (primary N) is 1. The summed E-state index contributed by atoms with van der Waals surface area (Å²) in [7, 11) is 1.68. The number of carbonyl (C=O) groups excluding carboxylic acids is 1. The molecule has 4 nitrogen and oxygen atoms in total. The van der Waals surface area contributed by atoms with Crippen molar-refractivity contribution in [2.75, 3.05) is 7.11 Å². The average molecular weight is 348 g/mol. The Labute approximate surface area is 154 Å². The van der Waals surface area contributed by atoms with Crippen molar-refractivity contribution in [3.05, 3.63) is 70.9 Å². The van der Waals surface area contributed by atoms with E-state index in [4.69, 9.17) is 10.5 Å². The Morgan fingerprint density at radius 1 is 1.04 bits per heavy atom. The molecule has 3 rings (SSSR count). The molecule has 0 atom stereocenters. The molecule has 0 bridgehead atoms. The van der Waals surface area contributed by atoms with Crippen LogP contribution in [0.5, 0.6) is 5.75 Å². The van der Waals surface area contributed by atoms with Crippen LogP contribution in [0.1, 0.15) is 34.1 Å². The predicted molar refractivity (Wildman–Crippen MR) is 105 cm³/mol. The van der Waals surface area contributed by atoms with Gasteiger partial charge in [-0.25, -0.2) is 0 Å². The maximum Gasteiger partial charge on any atom is 0.248 e. The number of ether oxygens (including phenoxy) is 1. The molecule has 0 saturated carbocycles. The summed E-state index contributed by atoms with van der Waals surface area (Å²) in [5.41, 5.74) is 12.7. The summed E-state index contributed by atoms with van der Waals surface area (Å²) in [5, 5.41) is 0. The van der Waals surface area contributed by atoms with E-state index in [0.29, 0.717) is 5.56 Å². The summed E-state index contributed by atoms with van der Waals surface area (Å²) in [6.45, 7) is 6.24. The largest absolute Gasteiger partial charge is 0.497 e. The Morgan fingerprint density at radius 2 is 1.81 bits per heavy atom. The van der Waals surface area contributed by atoms with Crippen molar-refractivity contribution in [2.45, 2.75) is 27.2 Å². The standard InChI is InChI=1S/C22H24N2O2/c1-5-17-7-11-21(19-9-8-18(26-4)13-14(19)2)24(17)20-10-6-16(22(23)25)12-15(20)3/h6-13H,5H2,1-4H3,(H2,23,25). The molecule has 0 spiro atoms. The van der Waals surface area contributed by atoms with E-state index in [1.807, 2.05) is 31.2 Å². The third-order valence-corrected chi connectivity index (χ3v) is 4.76. The molecule has 0 aliphatic rings. The number of hydrogen-bond donors (Lipinski definition) is 1. The van der Waals surface area contributed by atoms with Gasteiger partial charge in [0.25, 0.3) is 0 Å². The molecule has 26 heavy (non-hydrogen) atoms. The zero-order chi connectivity index (χ0) is 18.8. The van der Waals surface area contributed by atoms with Crippen LogP contribution in [-0.2, 0) is 6.42 Å². The van der Waals surface area contributed by atoms with E-state index < -0.39 is 5.91 Å². The van der Waals surface area contributed by atoms with E-state index >= 15 is 0 Å². The fourth-order valence-corrected chi connectivity index (χ4v) is 3.36. The van der Waals surface area contributed by atoms with Crippen LogP contribution in [0.2, 0.25) is 0 Å². The van der Waals surface area contributed by atoms with Crippen LogP contribution in [0, 0.1) is 13.8 Å². The van der Waals surface area contributed by atoms with Gasteiger partial charge in [0.1, 0.15) is 5.75 Å². The molecule has 2 N–H and O–H groups in total. The van der Waals surface area contributed by atoms with Gasteiger partial charge in [-0.1, -0.05) is 6.92 Å². The predicted octanol–water partition coefficient (Wildman–Crippen LogP) is 4.43. The normalized spacial score (nSPS) is 10.8. The second-order valence-electron chi connectivity index (χ2n) is 6.45. The number of primary amides is 1. The van der Waals surface area contributed by atoms with Crippen molar-refractivity contribution in [3.63, 3.8) is 0 Å². The minimum absolute atomic E-state index is 0.408. The van der Waals surface area contributed by atoms with Crippen LogP contribution in [0.3, 0.4) is 0 Å². The lowest BCUT2D eigenvalue weighted by molar-refractivity contribution is 0.1000. The van der Waals surface area contributed by atoms with Crippen molar-refractivity contribution in [1.82, 2.24) is 4.57 Å². The van der Waals surface area contributed by atoms with E-state index in [1.54, 1.807) is 13.2 Å². The zero-order valence-electron chi connectivity index (χ0n) is 15.7. The first-order valence-electron chi connectivity index (χ1n) is 8.72. The SMILES string of the molecule is CCc1ccc(-c2ccc(OC)cc2C)n1-c1ccc(C(N)=O)cc1C. The summed E-state index contributed by atoms with van der Waals surface area (Å²) < 4.78 is 7.59. The lowest BCUT2D eigenvalue weighted by Gasteiger charge is -2.17. The smallest absolute Gasteiger partial charge is 0.248 e. The van der Waals surface area contributed by atoms with Gasteiger partial charge in [-0.15, -0.1) is 0 Å². The molecule has 134 valence electrons. The molecule has 0 radical (unpaired) electrons. The number of hydrogen-bond acceptors (Lipinski definition) is 2. The van der Waals surface area contributed by atoms with Crippen molar-refractivity contribution in [2.24, 2.45) is 5.73 Å². The summed E-state index contributed by atoms with van der Waals surface area (Å²) in [5.74, 6) is 0.441. The molecule has 1 aromatic heterocycles. The van der Waals surface area contributed by atoms with Gasteiger partial charge in [0.15, 0.2) is 0 Å². The Morgan fingerprint density at radius 3 is 2.38 bits per heavy atom. The highest BCUT2D eigenvalue weighted by Crippen LogP contribution is 2.32. The summed E-state index contributed by atoms with van der Waals surface area (Å²) in [6, 6.07) is 16.0. The van der Waals surface area contributed by atoms with E-state index in [0.717, 1.165) is 40.2 Å². The molecular weight excluding hydrogens is 324 g/mol. The Kier molecular flexibility index (Phi) is 4.85. The molecule has 0 aliphatic carbocycles. The highest BCUT2D eigenvalue weighted by atomic mass is 16.5. The summed E-state index contributed by atoms with van der Waals surface area (Å²) in [4.78, 5) is 11.5. The maximum atomic E-state index is 11.5. The second kappa shape index (κ2) is 7.08.